The zero-order valence-corrected chi connectivity index (χ0v) is 29.8. The fourth-order valence-corrected chi connectivity index (χ4v) is 8.32. The van der Waals surface area contributed by atoms with Crippen molar-refractivity contribution in [1.29, 1.82) is 0 Å². The Morgan fingerprint density at radius 3 is 1.92 bits per heavy atom. The number of esters is 1. The maximum absolute atomic E-state index is 12.6. The number of hydrogen-bond acceptors (Lipinski definition) is 6. The number of fused-ring (bicyclic) bond motifs is 1. The summed E-state index contributed by atoms with van der Waals surface area (Å²) in [7, 11) is 0. The number of carbonyl (C=O) groups is 1. The van der Waals surface area contributed by atoms with E-state index in [0.29, 0.717) is 12.2 Å². The SMILES string of the molecule is CCOC(=O)c1ccc(-c2nn(C(c3ccccc3)(c3ccccc3)c3ccccc3)cc2-c2ccc3ncc(-c4ccc(SC)s4)n3c2)cc1. The first-order valence-corrected chi connectivity index (χ1v) is 18.8. The van der Waals surface area contributed by atoms with E-state index in [1.54, 1.807) is 23.1 Å². The summed E-state index contributed by atoms with van der Waals surface area (Å²) in [6.07, 6.45) is 8.36. The van der Waals surface area contributed by atoms with Gasteiger partial charge in [0.2, 0.25) is 0 Å². The molecule has 4 aromatic carbocycles. The van der Waals surface area contributed by atoms with Gasteiger partial charge in [0.15, 0.2) is 0 Å². The van der Waals surface area contributed by atoms with E-state index in [9.17, 15) is 4.79 Å². The molecule has 8 aromatic rings. The van der Waals surface area contributed by atoms with Gasteiger partial charge in [0.05, 0.1) is 33.1 Å². The summed E-state index contributed by atoms with van der Waals surface area (Å²) in [6.45, 7) is 2.13. The zero-order valence-electron chi connectivity index (χ0n) is 28.1. The van der Waals surface area contributed by atoms with Crippen LogP contribution < -0.4 is 0 Å². The monoisotopic (exact) mass is 702 g/mol. The molecule has 0 atom stereocenters. The molecule has 0 aliphatic carbocycles. The smallest absolute Gasteiger partial charge is 0.338 e. The standard InChI is InChI=1S/C43H34N4O2S2/c1-3-49-42(48)31-21-19-30(20-22-31)41-36(32-23-25-39-44-27-37(46(39)28-32)38-24-26-40(50-2)51-38)29-47(45-41)43(33-13-7-4-8-14-33,34-15-9-5-10-16-34)35-17-11-6-12-18-35/h4-29H,3H2,1-2H3. The first-order chi connectivity index (χ1) is 25.1. The lowest BCUT2D eigenvalue weighted by Crippen LogP contribution is -2.38. The van der Waals surface area contributed by atoms with Crippen LogP contribution in [0.4, 0.5) is 0 Å². The van der Waals surface area contributed by atoms with E-state index in [0.717, 1.165) is 55.3 Å². The van der Waals surface area contributed by atoms with Crippen LogP contribution in [0.3, 0.4) is 0 Å². The Morgan fingerprint density at radius 1 is 0.745 bits per heavy atom. The van der Waals surface area contributed by atoms with E-state index in [-0.39, 0.29) is 5.97 Å². The molecular weight excluding hydrogens is 669 g/mol. The van der Waals surface area contributed by atoms with E-state index >= 15 is 0 Å². The summed E-state index contributed by atoms with van der Waals surface area (Å²) in [5, 5.41) is 5.51. The van der Waals surface area contributed by atoms with Crippen LogP contribution >= 0.6 is 23.1 Å². The van der Waals surface area contributed by atoms with Crippen molar-refractivity contribution in [3.8, 4) is 33.0 Å². The summed E-state index contributed by atoms with van der Waals surface area (Å²) in [5.74, 6) is -0.345. The van der Waals surface area contributed by atoms with Crippen LogP contribution in [0.2, 0.25) is 0 Å². The number of hydrogen-bond donors (Lipinski definition) is 0. The predicted octanol–water partition coefficient (Wildman–Crippen LogP) is 10.3. The summed E-state index contributed by atoms with van der Waals surface area (Å²) in [5.41, 5.74) is 8.44. The summed E-state index contributed by atoms with van der Waals surface area (Å²) in [6, 6.07) is 47.7. The minimum absolute atomic E-state index is 0.318. The largest absolute Gasteiger partial charge is 0.462 e. The second kappa shape index (κ2) is 13.9. The molecule has 0 amide bonds. The van der Waals surface area contributed by atoms with Gasteiger partial charge in [-0.2, -0.15) is 5.10 Å². The van der Waals surface area contributed by atoms with Crippen molar-refractivity contribution in [2.24, 2.45) is 0 Å². The van der Waals surface area contributed by atoms with Crippen molar-refractivity contribution in [1.82, 2.24) is 19.2 Å². The van der Waals surface area contributed by atoms with Crippen LogP contribution in [0.15, 0.2) is 162 Å². The van der Waals surface area contributed by atoms with Gasteiger partial charge >= 0.3 is 5.97 Å². The number of imidazole rings is 1. The summed E-state index contributed by atoms with van der Waals surface area (Å²) >= 11 is 3.51. The molecule has 0 saturated heterocycles. The molecule has 0 bridgehead atoms. The van der Waals surface area contributed by atoms with Crippen LogP contribution in [0.5, 0.6) is 0 Å². The van der Waals surface area contributed by atoms with Crippen molar-refractivity contribution < 1.29 is 9.53 Å². The average molecular weight is 703 g/mol. The van der Waals surface area contributed by atoms with Gasteiger partial charge < -0.3 is 4.74 Å². The van der Waals surface area contributed by atoms with E-state index in [4.69, 9.17) is 14.8 Å². The van der Waals surface area contributed by atoms with Gasteiger partial charge in [0.1, 0.15) is 16.9 Å². The summed E-state index contributed by atoms with van der Waals surface area (Å²) in [4.78, 5) is 18.5. The number of thioether (sulfide) groups is 1. The van der Waals surface area contributed by atoms with E-state index in [1.807, 2.05) is 55.6 Å². The van der Waals surface area contributed by atoms with Crippen molar-refractivity contribution in [3.05, 3.63) is 180 Å². The lowest BCUT2D eigenvalue weighted by molar-refractivity contribution is 0.0526. The second-order valence-electron chi connectivity index (χ2n) is 12.1. The van der Waals surface area contributed by atoms with Gasteiger partial charge in [-0.1, -0.05) is 103 Å². The molecule has 0 radical (unpaired) electrons. The maximum Gasteiger partial charge on any atom is 0.338 e. The first kappa shape index (κ1) is 32.5. The number of nitrogens with zero attached hydrogens (tertiary/aromatic N) is 4. The van der Waals surface area contributed by atoms with E-state index in [1.165, 1.54) is 4.21 Å². The van der Waals surface area contributed by atoms with Gasteiger partial charge in [-0.05, 0) is 66.3 Å². The third-order valence-electron chi connectivity index (χ3n) is 9.15. The third kappa shape index (κ3) is 5.86. The fraction of sp³-hybridized carbons (Fsp3) is 0.0930. The zero-order chi connectivity index (χ0) is 34.8. The molecule has 51 heavy (non-hydrogen) atoms. The third-order valence-corrected chi connectivity index (χ3v) is 11.3. The first-order valence-electron chi connectivity index (χ1n) is 16.8. The van der Waals surface area contributed by atoms with Crippen LogP contribution in [0.25, 0.3) is 38.6 Å². The quantitative estimate of drug-likeness (QED) is 0.0807. The van der Waals surface area contributed by atoms with Crippen LogP contribution in [-0.2, 0) is 10.3 Å². The molecule has 8 rings (SSSR count). The minimum Gasteiger partial charge on any atom is -0.462 e. The molecule has 4 aromatic heterocycles. The highest BCUT2D eigenvalue weighted by atomic mass is 32.2. The van der Waals surface area contributed by atoms with Crippen molar-refractivity contribution >= 4 is 34.7 Å². The van der Waals surface area contributed by atoms with Crippen molar-refractivity contribution in [2.75, 3.05) is 12.9 Å². The second-order valence-corrected chi connectivity index (χ2v) is 14.2. The van der Waals surface area contributed by atoms with Gasteiger partial charge in [-0.15, -0.1) is 23.1 Å². The molecule has 0 fully saturated rings. The molecule has 0 N–H and O–H groups in total. The lowest BCUT2D eigenvalue weighted by Gasteiger charge is -2.36. The number of pyridine rings is 1. The fourth-order valence-electron chi connectivity index (χ4n) is 6.77. The number of carbonyl (C=O) groups excluding carboxylic acids is 1. The Bertz CT molecular complexity index is 2340. The number of rotatable bonds is 10. The molecular formula is C43H34N4O2S2. The normalized spacial score (nSPS) is 11.6. The van der Waals surface area contributed by atoms with E-state index in [2.05, 4.69) is 125 Å². The predicted molar refractivity (Wildman–Crippen MR) is 208 cm³/mol. The average Bonchev–Trinajstić information content (AvgIpc) is 3.96. The number of ether oxygens (including phenoxy) is 1. The number of thiophene rings is 1. The Morgan fingerprint density at radius 2 is 1.35 bits per heavy atom. The molecule has 0 spiro atoms. The van der Waals surface area contributed by atoms with Gasteiger partial charge in [-0.3, -0.25) is 9.08 Å². The Balaban J connectivity index is 1.40. The van der Waals surface area contributed by atoms with E-state index < -0.39 is 5.54 Å². The summed E-state index contributed by atoms with van der Waals surface area (Å²) < 4.78 is 10.8. The van der Waals surface area contributed by atoms with Gasteiger partial charge in [-0.25, -0.2) is 9.78 Å². The Labute approximate surface area is 305 Å². The van der Waals surface area contributed by atoms with Crippen LogP contribution in [0.1, 0.15) is 34.0 Å². The molecule has 4 heterocycles. The number of benzene rings is 4. The van der Waals surface area contributed by atoms with Crippen molar-refractivity contribution in [2.45, 2.75) is 16.7 Å². The van der Waals surface area contributed by atoms with Crippen molar-refractivity contribution in [3.63, 3.8) is 0 Å². The van der Waals surface area contributed by atoms with Crippen LogP contribution in [0, 0.1) is 0 Å². The molecule has 250 valence electrons. The topological polar surface area (TPSA) is 61.4 Å². The number of aromatic nitrogens is 4. The minimum atomic E-state index is -0.808. The lowest BCUT2D eigenvalue weighted by atomic mass is 9.77. The van der Waals surface area contributed by atoms with Crippen LogP contribution in [-0.4, -0.2) is 38.0 Å². The molecule has 0 aliphatic heterocycles. The molecule has 0 unspecified atom stereocenters. The van der Waals surface area contributed by atoms with Gasteiger partial charge in [0.25, 0.3) is 0 Å². The highest BCUT2D eigenvalue weighted by Crippen LogP contribution is 2.43. The molecule has 8 heteroatoms. The maximum atomic E-state index is 12.6. The highest BCUT2D eigenvalue weighted by molar-refractivity contribution is 8.00. The molecule has 6 nitrogen and oxygen atoms in total. The Hall–Kier alpha value is -5.70. The molecule has 0 saturated carbocycles. The highest BCUT2D eigenvalue weighted by Gasteiger charge is 2.40. The molecule has 0 aliphatic rings. The Kier molecular flexibility index (Phi) is 8.86. The van der Waals surface area contributed by atoms with Gasteiger partial charge in [0, 0.05) is 29.1 Å².